The van der Waals surface area contributed by atoms with Crippen LogP contribution in [0, 0.1) is 5.92 Å². The molecule has 2 amide bonds. The molecule has 6 heteroatoms. The molecule has 0 spiro atoms. The summed E-state index contributed by atoms with van der Waals surface area (Å²) in [6, 6.07) is 1.78. The number of hydrogen-bond acceptors (Lipinski definition) is 3. The van der Waals surface area contributed by atoms with E-state index in [9.17, 15) is 9.59 Å². The molecule has 0 unspecified atom stereocenters. The van der Waals surface area contributed by atoms with Crippen LogP contribution in [0.4, 0.5) is 0 Å². The van der Waals surface area contributed by atoms with Crippen molar-refractivity contribution in [2.75, 3.05) is 26.2 Å². The van der Waals surface area contributed by atoms with Crippen LogP contribution in [0.25, 0.3) is 0 Å². The van der Waals surface area contributed by atoms with Crippen LogP contribution in [0.5, 0.6) is 0 Å². The minimum Gasteiger partial charge on any atom is -0.339 e. The van der Waals surface area contributed by atoms with Gasteiger partial charge < -0.3 is 9.80 Å². The van der Waals surface area contributed by atoms with Gasteiger partial charge in [0.1, 0.15) is 0 Å². The van der Waals surface area contributed by atoms with E-state index in [-0.39, 0.29) is 17.7 Å². The van der Waals surface area contributed by atoms with Crippen molar-refractivity contribution in [1.29, 1.82) is 0 Å². The molecule has 1 aromatic heterocycles. The first-order valence-electron chi connectivity index (χ1n) is 7.84. The molecule has 2 heterocycles. The normalized spacial score (nSPS) is 19.5. The number of hydrogen-bond donors (Lipinski definition) is 0. The molecule has 2 fully saturated rings. The highest BCUT2D eigenvalue weighted by atomic mass is 79.9. The van der Waals surface area contributed by atoms with Crippen LogP contribution in [0.3, 0.4) is 0 Å². The number of pyridine rings is 1. The molecule has 0 atom stereocenters. The minimum atomic E-state index is -0.0123. The Morgan fingerprint density at radius 3 is 2.32 bits per heavy atom. The van der Waals surface area contributed by atoms with Crippen molar-refractivity contribution in [1.82, 2.24) is 14.8 Å². The molecule has 0 N–H and O–H groups in total. The first-order valence-corrected chi connectivity index (χ1v) is 8.63. The Morgan fingerprint density at radius 1 is 1.05 bits per heavy atom. The lowest BCUT2D eigenvalue weighted by Crippen LogP contribution is -2.51. The third kappa shape index (κ3) is 3.32. The van der Waals surface area contributed by atoms with Gasteiger partial charge in [-0.2, -0.15) is 0 Å². The summed E-state index contributed by atoms with van der Waals surface area (Å²) in [6.45, 7) is 2.48. The highest BCUT2D eigenvalue weighted by Crippen LogP contribution is 2.27. The predicted octanol–water partition coefficient (Wildman–Crippen LogP) is 2.32. The molecule has 0 bridgehead atoms. The topological polar surface area (TPSA) is 53.5 Å². The highest BCUT2D eigenvalue weighted by Gasteiger charge is 2.30. The molecule has 1 saturated carbocycles. The van der Waals surface area contributed by atoms with Gasteiger partial charge >= 0.3 is 0 Å². The Kier molecular flexibility index (Phi) is 4.76. The van der Waals surface area contributed by atoms with Crippen molar-refractivity contribution < 1.29 is 9.59 Å². The smallest absolute Gasteiger partial charge is 0.255 e. The molecular formula is C16H20BrN3O2. The number of piperazine rings is 1. The van der Waals surface area contributed by atoms with Crippen LogP contribution in [0.15, 0.2) is 22.9 Å². The average molecular weight is 366 g/mol. The van der Waals surface area contributed by atoms with Crippen LogP contribution in [0.2, 0.25) is 0 Å². The van der Waals surface area contributed by atoms with Crippen LogP contribution in [-0.2, 0) is 4.79 Å². The Hall–Kier alpha value is -1.43. The Morgan fingerprint density at radius 2 is 1.68 bits per heavy atom. The molecule has 3 rings (SSSR count). The molecule has 0 radical (unpaired) electrons. The van der Waals surface area contributed by atoms with Gasteiger partial charge in [-0.05, 0) is 34.8 Å². The Bertz CT molecular complexity index is 564. The summed E-state index contributed by atoms with van der Waals surface area (Å²) in [6.07, 6.45) is 7.65. The molecule has 1 aliphatic carbocycles. The summed E-state index contributed by atoms with van der Waals surface area (Å²) in [5, 5.41) is 0. The van der Waals surface area contributed by atoms with Gasteiger partial charge in [0.05, 0.1) is 5.56 Å². The zero-order valence-corrected chi connectivity index (χ0v) is 14.1. The van der Waals surface area contributed by atoms with Crippen molar-refractivity contribution in [2.24, 2.45) is 5.92 Å². The average Bonchev–Trinajstić information content (AvgIpc) is 3.08. The zero-order chi connectivity index (χ0) is 15.5. The first-order chi connectivity index (χ1) is 10.6. The fraction of sp³-hybridized carbons (Fsp3) is 0.562. The van der Waals surface area contributed by atoms with Gasteiger partial charge in [-0.1, -0.05) is 12.8 Å². The van der Waals surface area contributed by atoms with Gasteiger partial charge in [0.2, 0.25) is 5.91 Å². The van der Waals surface area contributed by atoms with E-state index in [0.29, 0.717) is 31.7 Å². The van der Waals surface area contributed by atoms with Gasteiger partial charge in [0, 0.05) is 49.0 Å². The van der Waals surface area contributed by atoms with Gasteiger partial charge in [-0.15, -0.1) is 0 Å². The fourth-order valence-electron chi connectivity index (χ4n) is 3.27. The van der Waals surface area contributed by atoms with E-state index in [4.69, 9.17) is 0 Å². The summed E-state index contributed by atoms with van der Waals surface area (Å²) in [5.41, 5.74) is 0.588. The lowest BCUT2D eigenvalue weighted by molar-refractivity contribution is -0.136. The van der Waals surface area contributed by atoms with Crippen molar-refractivity contribution >= 4 is 27.7 Å². The SMILES string of the molecule is O=C(c1cncc(Br)c1)N1CCN(C(=O)C2CCCC2)CC1. The van der Waals surface area contributed by atoms with Gasteiger partial charge in [-0.3, -0.25) is 14.6 Å². The summed E-state index contributed by atoms with van der Waals surface area (Å²) in [5.74, 6) is 0.493. The molecule has 5 nitrogen and oxygen atoms in total. The number of rotatable bonds is 2. The number of halogens is 1. The molecule has 118 valence electrons. The molecule has 1 aliphatic heterocycles. The number of carbonyl (C=O) groups is 2. The minimum absolute atomic E-state index is 0.0123. The van der Waals surface area contributed by atoms with E-state index in [1.165, 1.54) is 12.8 Å². The summed E-state index contributed by atoms with van der Waals surface area (Å²) < 4.78 is 0.799. The Labute approximate surface area is 138 Å². The first kappa shape index (κ1) is 15.5. The number of amides is 2. The maximum atomic E-state index is 12.4. The second-order valence-electron chi connectivity index (χ2n) is 5.99. The van der Waals surface area contributed by atoms with Gasteiger partial charge in [0.25, 0.3) is 5.91 Å². The van der Waals surface area contributed by atoms with Crippen LogP contribution >= 0.6 is 15.9 Å². The zero-order valence-electron chi connectivity index (χ0n) is 12.5. The van der Waals surface area contributed by atoms with Crippen molar-refractivity contribution in [3.63, 3.8) is 0 Å². The second-order valence-corrected chi connectivity index (χ2v) is 6.91. The van der Waals surface area contributed by atoms with Crippen molar-refractivity contribution in [3.8, 4) is 0 Å². The van der Waals surface area contributed by atoms with E-state index in [0.717, 1.165) is 17.3 Å². The van der Waals surface area contributed by atoms with E-state index in [1.807, 2.05) is 9.80 Å². The standard InChI is InChI=1S/C16H20BrN3O2/c17-14-9-13(10-18-11-14)16(22)20-7-5-19(6-8-20)15(21)12-3-1-2-4-12/h9-12H,1-8H2. The Balaban J connectivity index is 1.57. The third-order valence-corrected chi connectivity index (χ3v) is 4.97. The second kappa shape index (κ2) is 6.77. The number of nitrogens with zero attached hydrogens (tertiary/aromatic N) is 3. The largest absolute Gasteiger partial charge is 0.339 e. The third-order valence-electron chi connectivity index (χ3n) is 4.53. The van der Waals surface area contributed by atoms with E-state index >= 15 is 0 Å². The molecule has 22 heavy (non-hydrogen) atoms. The fourth-order valence-corrected chi connectivity index (χ4v) is 3.64. The predicted molar refractivity (Wildman–Crippen MR) is 86.4 cm³/mol. The lowest BCUT2D eigenvalue weighted by Gasteiger charge is -2.36. The van der Waals surface area contributed by atoms with Gasteiger partial charge in [-0.25, -0.2) is 0 Å². The molecular weight excluding hydrogens is 346 g/mol. The molecule has 1 saturated heterocycles. The van der Waals surface area contributed by atoms with E-state index in [1.54, 1.807) is 18.5 Å². The summed E-state index contributed by atoms with van der Waals surface area (Å²) >= 11 is 3.33. The van der Waals surface area contributed by atoms with Crippen LogP contribution < -0.4 is 0 Å². The maximum absolute atomic E-state index is 12.4. The van der Waals surface area contributed by atoms with E-state index in [2.05, 4.69) is 20.9 Å². The van der Waals surface area contributed by atoms with Crippen LogP contribution in [-0.4, -0.2) is 52.8 Å². The van der Waals surface area contributed by atoms with Crippen molar-refractivity contribution in [3.05, 3.63) is 28.5 Å². The molecule has 1 aromatic rings. The number of carbonyl (C=O) groups excluding carboxylic acids is 2. The number of aromatic nitrogens is 1. The van der Waals surface area contributed by atoms with Crippen molar-refractivity contribution in [2.45, 2.75) is 25.7 Å². The quantitative estimate of drug-likeness (QED) is 0.807. The summed E-state index contributed by atoms with van der Waals surface area (Å²) in [7, 11) is 0. The molecule has 2 aliphatic rings. The lowest BCUT2D eigenvalue weighted by atomic mass is 10.1. The van der Waals surface area contributed by atoms with Crippen LogP contribution in [0.1, 0.15) is 36.0 Å². The summed E-state index contributed by atoms with van der Waals surface area (Å²) in [4.78, 5) is 32.6. The van der Waals surface area contributed by atoms with Gasteiger partial charge in [0.15, 0.2) is 0 Å². The maximum Gasteiger partial charge on any atom is 0.255 e. The van der Waals surface area contributed by atoms with E-state index < -0.39 is 0 Å². The molecule has 0 aromatic carbocycles. The highest BCUT2D eigenvalue weighted by molar-refractivity contribution is 9.10. The monoisotopic (exact) mass is 365 g/mol.